The molecule has 0 aliphatic rings. The van der Waals surface area contributed by atoms with Crippen molar-refractivity contribution in [3.05, 3.63) is 40.7 Å². The normalized spacial score (nSPS) is 10.6. The summed E-state index contributed by atoms with van der Waals surface area (Å²) in [5.41, 5.74) is 1.99. The van der Waals surface area contributed by atoms with Crippen molar-refractivity contribution in [3.8, 4) is 0 Å². The van der Waals surface area contributed by atoms with Crippen LogP contribution in [0.15, 0.2) is 18.5 Å². The van der Waals surface area contributed by atoms with Crippen molar-refractivity contribution >= 4 is 11.6 Å². The van der Waals surface area contributed by atoms with E-state index < -0.39 is 0 Å². The highest BCUT2D eigenvalue weighted by molar-refractivity contribution is 6.29. The molecule has 0 radical (unpaired) electrons. The zero-order valence-electron chi connectivity index (χ0n) is 8.61. The Kier molecular flexibility index (Phi) is 2.68. The van der Waals surface area contributed by atoms with E-state index in [1.165, 1.54) is 0 Å². The van der Waals surface area contributed by atoms with Crippen LogP contribution in [0.25, 0.3) is 0 Å². The molecule has 2 rings (SSSR count). The summed E-state index contributed by atoms with van der Waals surface area (Å²) >= 11 is 5.84. The molecule has 0 amide bonds. The maximum absolute atomic E-state index is 5.84. The van der Waals surface area contributed by atoms with Crippen LogP contribution in [0.2, 0.25) is 5.15 Å². The predicted molar refractivity (Wildman–Crippen MR) is 57.8 cm³/mol. The Morgan fingerprint density at radius 1 is 1.33 bits per heavy atom. The van der Waals surface area contributed by atoms with E-state index in [2.05, 4.69) is 15.1 Å². The maximum Gasteiger partial charge on any atom is 0.151 e. The molecule has 0 unspecified atom stereocenters. The van der Waals surface area contributed by atoms with Gasteiger partial charge in [-0.05, 0) is 25.5 Å². The minimum Gasteiger partial charge on any atom is -0.265 e. The molecular formula is C10H11ClN4. The Morgan fingerprint density at radius 2 is 2.13 bits per heavy atom. The Bertz CT molecular complexity index is 458. The first-order valence-electron chi connectivity index (χ1n) is 4.62. The van der Waals surface area contributed by atoms with Crippen molar-refractivity contribution in [2.75, 3.05) is 0 Å². The van der Waals surface area contributed by atoms with Crippen molar-refractivity contribution in [3.63, 3.8) is 0 Å². The number of aromatic nitrogens is 4. The highest BCUT2D eigenvalue weighted by Gasteiger charge is 2.02. The van der Waals surface area contributed by atoms with Gasteiger partial charge in [-0.15, -0.1) is 0 Å². The van der Waals surface area contributed by atoms with Crippen LogP contribution in [0, 0.1) is 13.8 Å². The molecule has 15 heavy (non-hydrogen) atoms. The molecule has 2 aromatic heterocycles. The van der Waals surface area contributed by atoms with Gasteiger partial charge in [0.2, 0.25) is 0 Å². The second-order valence-electron chi connectivity index (χ2n) is 3.46. The number of aryl methyl sites for hydroxylation is 2. The molecule has 0 saturated carbocycles. The van der Waals surface area contributed by atoms with Crippen molar-refractivity contribution in [1.29, 1.82) is 0 Å². The number of halogens is 1. The fraction of sp³-hybridized carbons (Fsp3) is 0.300. The molecular weight excluding hydrogens is 212 g/mol. The van der Waals surface area contributed by atoms with Gasteiger partial charge >= 0.3 is 0 Å². The van der Waals surface area contributed by atoms with Gasteiger partial charge in [0.1, 0.15) is 11.7 Å². The Labute approximate surface area is 92.9 Å². The second-order valence-corrected chi connectivity index (χ2v) is 3.85. The molecule has 0 N–H and O–H groups in total. The Morgan fingerprint density at radius 3 is 2.73 bits per heavy atom. The van der Waals surface area contributed by atoms with Crippen LogP contribution in [0.1, 0.15) is 17.1 Å². The summed E-state index contributed by atoms with van der Waals surface area (Å²) in [4.78, 5) is 8.41. The van der Waals surface area contributed by atoms with E-state index in [9.17, 15) is 0 Å². The first kappa shape index (κ1) is 10.1. The van der Waals surface area contributed by atoms with E-state index in [0.717, 1.165) is 11.3 Å². The Hall–Kier alpha value is -1.42. The van der Waals surface area contributed by atoms with Gasteiger partial charge in [0.25, 0.3) is 0 Å². The third kappa shape index (κ3) is 2.53. The fourth-order valence-electron chi connectivity index (χ4n) is 1.36. The molecule has 4 nitrogen and oxygen atoms in total. The predicted octanol–water partition coefficient (Wildman–Crippen LogP) is 1.99. The van der Waals surface area contributed by atoms with Crippen LogP contribution >= 0.6 is 11.6 Å². The number of rotatable bonds is 2. The topological polar surface area (TPSA) is 43.6 Å². The summed E-state index contributed by atoms with van der Waals surface area (Å²) in [6.45, 7) is 4.44. The van der Waals surface area contributed by atoms with Crippen molar-refractivity contribution in [1.82, 2.24) is 19.7 Å². The molecule has 0 atom stereocenters. The number of hydrogen-bond acceptors (Lipinski definition) is 3. The summed E-state index contributed by atoms with van der Waals surface area (Å²) in [5, 5.41) is 4.64. The largest absolute Gasteiger partial charge is 0.265 e. The lowest BCUT2D eigenvalue weighted by Gasteiger charge is -2.02. The van der Waals surface area contributed by atoms with E-state index in [1.54, 1.807) is 16.9 Å². The molecule has 0 spiro atoms. The number of hydrogen-bond donors (Lipinski definition) is 0. The summed E-state index contributed by atoms with van der Waals surface area (Å²) < 4.78 is 1.79. The monoisotopic (exact) mass is 222 g/mol. The third-order valence-electron chi connectivity index (χ3n) is 1.94. The molecule has 0 aliphatic heterocycles. The molecule has 0 aromatic carbocycles. The van der Waals surface area contributed by atoms with E-state index in [4.69, 9.17) is 11.6 Å². The first-order valence-corrected chi connectivity index (χ1v) is 5.00. The molecule has 2 aromatic rings. The van der Waals surface area contributed by atoms with Gasteiger partial charge < -0.3 is 0 Å². The maximum atomic E-state index is 5.84. The van der Waals surface area contributed by atoms with Crippen LogP contribution in [-0.4, -0.2) is 19.7 Å². The smallest absolute Gasteiger partial charge is 0.151 e. The molecule has 0 fully saturated rings. The van der Waals surface area contributed by atoms with Crippen LogP contribution in [0.3, 0.4) is 0 Å². The SMILES string of the molecule is Cc1cnn(Cc2nc(C)cc(Cl)n2)c1. The summed E-state index contributed by atoms with van der Waals surface area (Å²) in [5.74, 6) is 0.683. The molecule has 2 heterocycles. The van der Waals surface area contributed by atoms with Gasteiger partial charge in [0.15, 0.2) is 5.82 Å². The van der Waals surface area contributed by atoms with Crippen LogP contribution in [0.5, 0.6) is 0 Å². The third-order valence-corrected chi connectivity index (χ3v) is 2.13. The summed E-state index contributed by atoms with van der Waals surface area (Å²) in [6.07, 6.45) is 3.75. The van der Waals surface area contributed by atoms with Crippen LogP contribution in [0.4, 0.5) is 0 Å². The van der Waals surface area contributed by atoms with Crippen molar-refractivity contribution in [2.45, 2.75) is 20.4 Å². The minimum atomic E-state index is 0.473. The lowest BCUT2D eigenvalue weighted by Crippen LogP contribution is -2.05. The highest BCUT2D eigenvalue weighted by atomic mass is 35.5. The molecule has 78 valence electrons. The van der Waals surface area contributed by atoms with E-state index in [0.29, 0.717) is 17.5 Å². The first-order chi connectivity index (χ1) is 7.13. The average Bonchev–Trinajstić information content (AvgIpc) is 2.49. The van der Waals surface area contributed by atoms with Crippen LogP contribution in [-0.2, 0) is 6.54 Å². The van der Waals surface area contributed by atoms with Gasteiger partial charge in [0, 0.05) is 11.9 Å². The second kappa shape index (κ2) is 3.98. The van der Waals surface area contributed by atoms with Gasteiger partial charge in [-0.2, -0.15) is 5.10 Å². The molecule has 0 aliphatic carbocycles. The summed E-state index contributed by atoms with van der Waals surface area (Å²) in [6, 6.07) is 1.74. The zero-order valence-corrected chi connectivity index (χ0v) is 9.36. The van der Waals surface area contributed by atoms with Crippen molar-refractivity contribution < 1.29 is 0 Å². The van der Waals surface area contributed by atoms with E-state index in [-0.39, 0.29) is 0 Å². The summed E-state index contributed by atoms with van der Waals surface area (Å²) in [7, 11) is 0. The Balaban J connectivity index is 2.24. The molecule has 5 heteroatoms. The van der Waals surface area contributed by atoms with E-state index in [1.807, 2.05) is 20.0 Å². The quantitative estimate of drug-likeness (QED) is 0.730. The van der Waals surface area contributed by atoms with E-state index >= 15 is 0 Å². The van der Waals surface area contributed by atoms with Crippen LogP contribution < -0.4 is 0 Å². The standard InChI is InChI=1S/C10H11ClN4/c1-7-4-12-15(5-7)6-10-13-8(2)3-9(11)14-10/h3-5H,6H2,1-2H3. The van der Waals surface area contributed by atoms with Gasteiger partial charge in [0.05, 0.1) is 6.20 Å². The van der Waals surface area contributed by atoms with Gasteiger partial charge in [-0.3, -0.25) is 4.68 Å². The molecule has 0 saturated heterocycles. The minimum absolute atomic E-state index is 0.473. The molecule has 0 bridgehead atoms. The highest BCUT2D eigenvalue weighted by Crippen LogP contribution is 2.07. The van der Waals surface area contributed by atoms with Crippen molar-refractivity contribution in [2.24, 2.45) is 0 Å². The van der Waals surface area contributed by atoms with Gasteiger partial charge in [-0.1, -0.05) is 11.6 Å². The average molecular weight is 223 g/mol. The number of nitrogens with zero attached hydrogens (tertiary/aromatic N) is 4. The fourth-order valence-corrected chi connectivity index (χ4v) is 1.61. The lowest BCUT2D eigenvalue weighted by molar-refractivity contribution is 0.652. The van der Waals surface area contributed by atoms with Gasteiger partial charge in [-0.25, -0.2) is 9.97 Å². The zero-order chi connectivity index (χ0) is 10.8. The lowest BCUT2D eigenvalue weighted by atomic mass is 10.4.